The van der Waals surface area contributed by atoms with Gasteiger partial charge in [-0.3, -0.25) is 0 Å². The van der Waals surface area contributed by atoms with Gasteiger partial charge in [-0.1, -0.05) is 48.0 Å². The van der Waals surface area contributed by atoms with Crippen molar-refractivity contribution in [2.75, 3.05) is 21.1 Å². The number of hydrogen-bond donors (Lipinski definition) is 0. The number of benzene rings is 2. The summed E-state index contributed by atoms with van der Waals surface area (Å²) in [4.78, 5) is -0.178. The van der Waals surface area contributed by atoms with Gasteiger partial charge in [0.15, 0.2) is 0 Å². The van der Waals surface area contributed by atoms with Gasteiger partial charge in [-0.2, -0.15) is 0 Å². The molecular formula is C17H23NO3S. The highest BCUT2D eigenvalue weighted by Crippen LogP contribution is 2.08. The first-order valence-electron chi connectivity index (χ1n) is 6.95. The van der Waals surface area contributed by atoms with Crippen molar-refractivity contribution < 1.29 is 17.5 Å². The lowest BCUT2D eigenvalue weighted by Crippen LogP contribution is -2.33. The van der Waals surface area contributed by atoms with Gasteiger partial charge < -0.3 is 9.04 Å². The second kappa shape index (κ2) is 7.54. The lowest BCUT2D eigenvalue weighted by molar-refractivity contribution is -0.884. The molecule has 0 saturated heterocycles. The first-order chi connectivity index (χ1) is 10.1. The van der Waals surface area contributed by atoms with E-state index in [1.165, 1.54) is 17.7 Å². The highest BCUT2D eigenvalue weighted by molar-refractivity contribution is 7.85. The number of hydrogen-bond acceptors (Lipinski definition) is 3. The van der Waals surface area contributed by atoms with Crippen LogP contribution >= 0.6 is 0 Å². The fourth-order valence-electron chi connectivity index (χ4n) is 1.84. The molecule has 0 aliphatic heterocycles. The summed E-state index contributed by atoms with van der Waals surface area (Å²) >= 11 is 0. The van der Waals surface area contributed by atoms with Crippen LogP contribution in [0.25, 0.3) is 0 Å². The van der Waals surface area contributed by atoms with Crippen LogP contribution in [0, 0.1) is 6.92 Å². The molecule has 0 aromatic heterocycles. The van der Waals surface area contributed by atoms with Crippen LogP contribution in [0.15, 0.2) is 59.5 Å². The molecule has 0 saturated carbocycles. The lowest BCUT2D eigenvalue weighted by atomic mass is 10.2. The van der Waals surface area contributed by atoms with Gasteiger partial charge >= 0.3 is 0 Å². The fourth-order valence-corrected chi connectivity index (χ4v) is 2.31. The van der Waals surface area contributed by atoms with E-state index < -0.39 is 10.1 Å². The molecule has 4 nitrogen and oxygen atoms in total. The Hall–Kier alpha value is -1.69. The monoisotopic (exact) mass is 321 g/mol. The van der Waals surface area contributed by atoms with Crippen molar-refractivity contribution in [3.8, 4) is 0 Å². The summed E-state index contributed by atoms with van der Waals surface area (Å²) in [7, 11) is 2.33. The molecule has 0 radical (unpaired) electrons. The maximum Gasteiger partial charge on any atom is 0.124 e. The molecule has 0 N–H and O–H groups in total. The minimum absolute atomic E-state index is 0.178. The molecule has 2 rings (SSSR count). The Labute approximate surface area is 133 Å². The van der Waals surface area contributed by atoms with Gasteiger partial charge in [-0.05, 0) is 19.1 Å². The summed E-state index contributed by atoms with van der Waals surface area (Å²) in [6.07, 6.45) is 0. The Bertz CT molecular complexity index is 672. The van der Waals surface area contributed by atoms with Gasteiger partial charge in [0, 0.05) is 5.56 Å². The minimum atomic E-state index is -4.27. The number of aryl methyl sites for hydroxylation is 1. The maximum atomic E-state index is 10.4. The van der Waals surface area contributed by atoms with E-state index in [1.54, 1.807) is 12.1 Å². The molecule has 120 valence electrons. The first kappa shape index (κ1) is 18.4. The third-order valence-corrected chi connectivity index (χ3v) is 3.66. The van der Waals surface area contributed by atoms with Crippen molar-refractivity contribution in [2.45, 2.75) is 18.4 Å². The van der Waals surface area contributed by atoms with Gasteiger partial charge in [-0.25, -0.2) is 8.42 Å². The molecule has 0 aliphatic carbocycles. The summed E-state index contributed by atoms with van der Waals surface area (Å²) in [6, 6.07) is 16.4. The van der Waals surface area contributed by atoms with E-state index in [2.05, 4.69) is 51.5 Å². The van der Waals surface area contributed by atoms with Gasteiger partial charge in [0.25, 0.3) is 0 Å². The summed E-state index contributed by atoms with van der Waals surface area (Å²) in [5.74, 6) is 0. The topological polar surface area (TPSA) is 57.2 Å². The Morgan fingerprint density at radius 1 is 0.909 bits per heavy atom. The van der Waals surface area contributed by atoms with Crippen molar-refractivity contribution in [1.29, 1.82) is 0 Å². The molecule has 0 aliphatic rings. The number of quaternary nitrogens is 1. The van der Waals surface area contributed by atoms with Crippen molar-refractivity contribution in [2.24, 2.45) is 0 Å². The molecule has 0 fully saturated rings. The van der Waals surface area contributed by atoms with Crippen molar-refractivity contribution in [3.63, 3.8) is 0 Å². The maximum absolute atomic E-state index is 10.4. The molecule has 0 bridgehead atoms. The van der Waals surface area contributed by atoms with E-state index in [4.69, 9.17) is 0 Å². The summed E-state index contributed by atoms with van der Waals surface area (Å²) < 4.78 is 32.2. The van der Waals surface area contributed by atoms with Crippen LogP contribution in [0.1, 0.15) is 11.1 Å². The van der Waals surface area contributed by atoms with Gasteiger partial charge in [0.2, 0.25) is 0 Å². The van der Waals surface area contributed by atoms with E-state index in [-0.39, 0.29) is 4.90 Å². The van der Waals surface area contributed by atoms with E-state index in [9.17, 15) is 13.0 Å². The lowest BCUT2D eigenvalue weighted by Gasteiger charge is -2.23. The molecule has 0 unspecified atom stereocenters. The zero-order valence-corrected chi connectivity index (χ0v) is 14.3. The van der Waals surface area contributed by atoms with Gasteiger partial charge in [-0.15, -0.1) is 0 Å². The van der Waals surface area contributed by atoms with Crippen LogP contribution in [0.2, 0.25) is 0 Å². The van der Waals surface area contributed by atoms with E-state index >= 15 is 0 Å². The first-order valence-corrected chi connectivity index (χ1v) is 8.36. The Balaban J connectivity index is 0.000000220. The van der Waals surface area contributed by atoms with E-state index in [0.29, 0.717) is 0 Å². The molecule has 0 heterocycles. The van der Waals surface area contributed by atoms with Gasteiger partial charge in [0.05, 0.1) is 26.0 Å². The third kappa shape index (κ3) is 7.36. The third-order valence-electron chi connectivity index (χ3n) is 2.81. The second-order valence-corrected chi connectivity index (χ2v) is 7.58. The van der Waals surface area contributed by atoms with Crippen LogP contribution in [0.4, 0.5) is 0 Å². The molecule has 22 heavy (non-hydrogen) atoms. The number of nitrogens with zero attached hydrogens (tertiary/aromatic N) is 1. The SMILES string of the molecule is C[N+](C)(C)Cc1ccccc1.Cc1ccc(S(=O)(=O)[O-])cc1. The molecule has 2 aromatic carbocycles. The zero-order chi connectivity index (χ0) is 16.8. The normalized spacial score (nSPS) is 11.5. The molecule has 0 atom stereocenters. The van der Waals surface area contributed by atoms with Crippen LogP contribution < -0.4 is 0 Å². The quantitative estimate of drug-likeness (QED) is 0.645. The highest BCUT2D eigenvalue weighted by atomic mass is 32.2. The highest BCUT2D eigenvalue weighted by Gasteiger charge is 2.06. The predicted octanol–water partition coefficient (Wildman–Crippen LogP) is 2.79. The van der Waals surface area contributed by atoms with E-state index in [1.807, 2.05) is 6.92 Å². The molecule has 0 spiro atoms. The van der Waals surface area contributed by atoms with Crippen molar-refractivity contribution >= 4 is 10.1 Å². The van der Waals surface area contributed by atoms with E-state index in [0.717, 1.165) is 16.6 Å². The largest absolute Gasteiger partial charge is 0.744 e. The molecule has 5 heteroatoms. The van der Waals surface area contributed by atoms with Crippen LogP contribution in [0.3, 0.4) is 0 Å². The summed E-state index contributed by atoms with van der Waals surface area (Å²) in [5.41, 5.74) is 2.33. The molecular weight excluding hydrogens is 298 g/mol. The van der Waals surface area contributed by atoms with Crippen molar-refractivity contribution in [1.82, 2.24) is 0 Å². The average molecular weight is 321 g/mol. The van der Waals surface area contributed by atoms with Crippen LogP contribution in [0.5, 0.6) is 0 Å². The molecule has 0 amide bonds. The standard InChI is InChI=1S/C10H16N.C7H8O3S/c1-11(2,3)9-10-7-5-4-6-8-10;1-6-2-4-7(5-3-6)11(8,9)10/h4-8H,9H2,1-3H3;2-5H,1H3,(H,8,9,10)/q+1;/p-1. The van der Waals surface area contributed by atoms with Gasteiger partial charge in [0.1, 0.15) is 16.7 Å². The second-order valence-electron chi connectivity index (χ2n) is 6.20. The minimum Gasteiger partial charge on any atom is -0.744 e. The average Bonchev–Trinajstić information content (AvgIpc) is 2.38. The Kier molecular flexibility index (Phi) is 6.29. The van der Waals surface area contributed by atoms with Crippen molar-refractivity contribution in [3.05, 3.63) is 65.7 Å². The Morgan fingerprint density at radius 2 is 1.41 bits per heavy atom. The zero-order valence-electron chi connectivity index (χ0n) is 13.5. The molecule has 2 aromatic rings. The van der Waals surface area contributed by atoms with Crippen LogP contribution in [-0.2, 0) is 16.7 Å². The number of rotatable bonds is 3. The Morgan fingerprint density at radius 3 is 1.82 bits per heavy atom. The summed E-state index contributed by atoms with van der Waals surface area (Å²) in [5, 5.41) is 0. The smallest absolute Gasteiger partial charge is 0.124 e. The fraction of sp³-hybridized carbons (Fsp3) is 0.294. The van der Waals surface area contributed by atoms with Crippen LogP contribution in [-0.4, -0.2) is 38.6 Å². The summed E-state index contributed by atoms with van der Waals surface area (Å²) in [6.45, 7) is 2.92. The predicted molar refractivity (Wildman–Crippen MR) is 87.3 cm³/mol.